The summed E-state index contributed by atoms with van der Waals surface area (Å²) in [7, 11) is 0. The number of carbonyl (C=O) groups is 3. The van der Waals surface area contributed by atoms with Crippen LogP contribution in [-0.4, -0.2) is 91.0 Å². The molecule has 1 aliphatic carbocycles. The number of hydrogen-bond donors (Lipinski definition) is 1. The number of anilines is 1. The van der Waals surface area contributed by atoms with E-state index in [9.17, 15) is 14.4 Å². The average molecular weight is 497 g/mol. The summed E-state index contributed by atoms with van der Waals surface area (Å²) < 4.78 is 5.59. The van der Waals surface area contributed by atoms with E-state index in [0.29, 0.717) is 24.6 Å². The summed E-state index contributed by atoms with van der Waals surface area (Å²) in [6.07, 6.45) is 5.63. The molecule has 0 aromatic heterocycles. The zero-order chi connectivity index (χ0) is 25.2. The zero-order valence-corrected chi connectivity index (χ0v) is 21.7. The highest BCUT2D eigenvalue weighted by atomic mass is 16.5. The highest BCUT2D eigenvalue weighted by molar-refractivity contribution is 5.99. The Morgan fingerprint density at radius 3 is 2.31 bits per heavy atom. The molecule has 3 saturated heterocycles. The fraction of sp³-hybridized carbons (Fsp3) is 0.679. The number of fused-ring (bicyclic) bond motifs is 1. The molecule has 3 aliphatic heterocycles. The highest BCUT2D eigenvalue weighted by Crippen LogP contribution is 2.32. The smallest absolute Gasteiger partial charge is 0.251 e. The third-order valence-corrected chi connectivity index (χ3v) is 8.61. The van der Waals surface area contributed by atoms with Gasteiger partial charge in [0.15, 0.2) is 5.78 Å². The molecular formula is C28H40N4O4. The fourth-order valence-corrected chi connectivity index (χ4v) is 6.41. The van der Waals surface area contributed by atoms with Crippen LogP contribution in [0.2, 0.25) is 0 Å². The maximum atomic E-state index is 13.7. The van der Waals surface area contributed by atoms with Crippen LogP contribution in [0.5, 0.6) is 0 Å². The molecule has 0 unspecified atom stereocenters. The molecule has 1 aromatic carbocycles. The summed E-state index contributed by atoms with van der Waals surface area (Å²) in [5.41, 5.74) is 1.69. The summed E-state index contributed by atoms with van der Waals surface area (Å²) in [5.74, 6) is -0.270. The lowest BCUT2D eigenvalue weighted by atomic mass is 9.83. The quantitative estimate of drug-likeness (QED) is 0.652. The number of hydrogen-bond acceptors (Lipinski definition) is 6. The van der Waals surface area contributed by atoms with Crippen LogP contribution in [0.15, 0.2) is 24.3 Å². The number of amides is 2. The minimum atomic E-state index is -0.603. The molecule has 1 aromatic rings. The van der Waals surface area contributed by atoms with Gasteiger partial charge in [0, 0.05) is 50.0 Å². The molecule has 8 heteroatoms. The Balaban J connectivity index is 1.27. The van der Waals surface area contributed by atoms with Crippen LogP contribution in [0.25, 0.3) is 0 Å². The van der Waals surface area contributed by atoms with Gasteiger partial charge >= 0.3 is 0 Å². The summed E-state index contributed by atoms with van der Waals surface area (Å²) in [6.45, 7) is 9.08. The van der Waals surface area contributed by atoms with Crippen molar-refractivity contribution < 1.29 is 19.1 Å². The molecule has 0 bridgehead atoms. The van der Waals surface area contributed by atoms with E-state index in [-0.39, 0.29) is 36.2 Å². The number of Topliss-reactive ketones (excluding diaryl/α,β-unsaturated/α-hetero) is 1. The maximum absolute atomic E-state index is 13.7. The second-order valence-corrected chi connectivity index (χ2v) is 11.1. The molecule has 196 valence electrons. The molecule has 3 atom stereocenters. The number of benzene rings is 1. The third kappa shape index (κ3) is 5.16. The van der Waals surface area contributed by atoms with Gasteiger partial charge in [0.25, 0.3) is 5.91 Å². The molecule has 5 rings (SSSR count). The Bertz CT molecular complexity index is 951. The van der Waals surface area contributed by atoms with E-state index in [2.05, 4.69) is 29.0 Å². The zero-order valence-electron chi connectivity index (χ0n) is 21.7. The lowest BCUT2D eigenvalue weighted by Crippen LogP contribution is -2.55. The predicted octanol–water partition coefficient (Wildman–Crippen LogP) is 2.46. The van der Waals surface area contributed by atoms with Gasteiger partial charge in [0.2, 0.25) is 5.91 Å². The van der Waals surface area contributed by atoms with Crippen molar-refractivity contribution in [1.82, 2.24) is 15.1 Å². The predicted molar refractivity (Wildman–Crippen MR) is 138 cm³/mol. The van der Waals surface area contributed by atoms with Gasteiger partial charge in [0.05, 0.1) is 6.10 Å². The fourth-order valence-electron chi connectivity index (χ4n) is 6.41. The van der Waals surface area contributed by atoms with Gasteiger partial charge in [-0.2, -0.15) is 0 Å². The van der Waals surface area contributed by atoms with Crippen LogP contribution in [0.3, 0.4) is 0 Å². The Morgan fingerprint density at radius 1 is 0.944 bits per heavy atom. The first-order chi connectivity index (χ1) is 17.4. The first-order valence-corrected chi connectivity index (χ1v) is 13.8. The number of carbonyl (C=O) groups excluding carboxylic acids is 3. The van der Waals surface area contributed by atoms with Crippen molar-refractivity contribution in [1.29, 1.82) is 0 Å². The van der Waals surface area contributed by atoms with Crippen molar-refractivity contribution in [2.75, 3.05) is 44.2 Å². The molecule has 0 radical (unpaired) electrons. The van der Waals surface area contributed by atoms with Crippen LogP contribution in [0.4, 0.5) is 5.69 Å². The number of ether oxygens (including phenoxy) is 1. The first-order valence-electron chi connectivity index (χ1n) is 13.8. The van der Waals surface area contributed by atoms with Gasteiger partial charge < -0.3 is 19.9 Å². The van der Waals surface area contributed by atoms with Gasteiger partial charge in [-0.25, -0.2) is 0 Å². The van der Waals surface area contributed by atoms with E-state index in [4.69, 9.17) is 4.74 Å². The van der Waals surface area contributed by atoms with Crippen molar-refractivity contribution >= 4 is 23.3 Å². The molecule has 8 nitrogen and oxygen atoms in total. The lowest BCUT2D eigenvalue weighted by Gasteiger charge is -2.38. The number of nitrogens with one attached hydrogen (secondary N) is 1. The van der Waals surface area contributed by atoms with Crippen LogP contribution in [0, 0.1) is 5.92 Å². The Morgan fingerprint density at radius 2 is 1.64 bits per heavy atom. The minimum absolute atomic E-state index is 0.0237. The van der Waals surface area contributed by atoms with Crippen molar-refractivity contribution in [3.8, 4) is 0 Å². The summed E-state index contributed by atoms with van der Waals surface area (Å²) >= 11 is 0. The second kappa shape index (κ2) is 10.9. The minimum Gasteiger partial charge on any atom is -0.369 e. The van der Waals surface area contributed by atoms with Crippen LogP contribution in [0.1, 0.15) is 62.7 Å². The highest BCUT2D eigenvalue weighted by Gasteiger charge is 2.49. The SMILES string of the molecule is CC(C)N1CCN(c2ccc(C(=O)N[C@H](C(=O)N3CC[C@H]4OCC(=O)[C@H]43)C3CCCCC3)cc2)CC1. The van der Waals surface area contributed by atoms with Crippen LogP contribution in [-0.2, 0) is 14.3 Å². The Kier molecular flexibility index (Phi) is 7.62. The Labute approximate surface area is 214 Å². The molecule has 2 amide bonds. The van der Waals surface area contributed by atoms with E-state index >= 15 is 0 Å². The lowest BCUT2D eigenvalue weighted by molar-refractivity contribution is -0.139. The average Bonchev–Trinajstić information content (AvgIpc) is 3.50. The summed E-state index contributed by atoms with van der Waals surface area (Å²) in [5, 5.41) is 3.09. The van der Waals surface area contributed by atoms with Crippen molar-refractivity contribution in [2.24, 2.45) is 5.92 Å². The van der Waals surface area contributed by atoms with Gasteiger partial charge in [-0.1, -0.05) is 19.3 Å². The van der Waals surface area contributed by atoms with E-state index in [0.717, 1.165) is 57.5 Å². The van der Waals surface area contributed by atoms with Gasteiger partial charge in [-0.15, -0.1) is 0 Å². The molecule has 0 spiro atoms. The van der Waals surface area contributed by atoms with E-state index in [1.54, 1.807) is 4.90 Å². The number of nitrogens with zero attached hydrogens (tertiary/aromatic N) is 3. The topological polar surface area (TPSA) is 82.2 Å². The van der Waals surface area contributed by atoms with E-state index in [1.807, 2.05) is 24.3 Å². The van der Waals surface area contributed by atoms with Crippen LogP contribution < -0.4 is 10.2 Å². The Hall–Kier alpha value is -2.45. The summed E-state index contributed by atoms with van der Waals surface area (Å²) in [6, 6.07) is 7.21. The molecule has 1 N–H and O–H groups in total. The largest absolute Gasteiger partial charge is 0.369 e. The first kappa shape index (κ1) is 25.2. The maximum Gasteiger partial charge on any atom is 0.251 e. The van der Waals surface area contributed by atoms with E-state index in [1.165, 1.54) is 6.42 Å². The molecule has 3 heterocycles. The normalized spacial score (nSPS) is 26.4. The van der Waals surface area contributed by atoms with Gasteiger partial charge in [0.1, 0.15) is 18.7 Å². The summed E-state index contributed by atoms with van der Waals surface area (Å²) in [4.78, 5) is 46.0. The second-order valence-electron chi connectivity index (χ2n) is 11.1. The van der Waals surface area contributed by atoms with Gasteiger partial charge in [-0.05, 0) is 63.3 Å². The van der Waals surface area contributed by atoms with Gasteiger partial charge in [-0.3, -0.25) is 19.3 Å². The standard InChI is InChI=1S/C28H40N4O4/c1-19(2)30-14-16-31(17-15-30)22-10-8-21(9-11-22)27(34)29-25(20-6-4-3-5-7-20)28(35)32-13-12-24-26(32)23(33)18-36-24/h8-11,19-20,24-26H,3-7,12-18H2,1-2H3,(H,29,34)/t24-,25+,26-/m1/s1. The van der Waals surface area contributed by atoms with Crippen molar-refractivity contribution in [3.63, 3.8) is 0 Å². The monoisotopic (exact) mass is 496 g/mol. The third-order valence-electron chi connectivity index (χ3n) is 8.61. The molecular weight excluding hydrogens is 456 g/mol. The van der Waals surface area contributed by atoms with Crippen LogP contribution >= 0.6 is 0 Å². The number of piperazine rings is 1. The molecule has 36 heavy (non-hydrogen) atoms. The van der Waals surface area contributed by atoms with Crippen molar-refractivity contribution in [3.05, 3.63) is 29.8 Å². The van der Waals surface area contributed by atoms with E-state index < -0.39 is 12.1 Å². The molecule has 4 aliphatic rings. The number of likely N-dealkylation sites (tertiary alicyclic amines) is 1. The number of ketones is 1. The van der Waals surface area contributed by atoms with Crippen molar-refractivity contribution in [2.45, 2.75) is 76.6 Å². The molecule has 1 saturated carbocycles. The molecule has 4 fully saturated rings. The number of rotatable bonds is 6.